The fourth-order valence-electron chi connectivity index (χ4n) is 1.79. The summed E-state index contributed by atoms with van der Waals surface area (Å²) in [4.78, 5) is 34.1. The summed E-state index contributed by atoms with van der Waals surface area (Å²) in [5.41, 5.74) is 0.152. The molecule has 0 amide bonds. The first-order valence-corrected chi connectivity index (χ1v) is 7.80. The number of aromatic amines is 1. The molecule has 2 rings (SSSR count). The Labute approximate surface area is 156 Å². The van der Waals surface area contributed by atoms with E-state index in [1.54, 1.807) is 13.8 Å². The first-order valence-electron chi connectivity index (χ1n) is 7.80. The highest BCUT2D eigenvalue weighted by molar-refractivity contribution is 6.08. The Bertz CT molecular complexity index is 704. The van der Waals surface area contributed by atoms with Crippen molar-refractivity contribution >= 4 is 29.9 Å². The number of nitrogens with one attached hydrogen (secondary N) is 3. The molecule has 0 aliphatic rings. The second-order valence-corrected chi connectivity index (χ2v) is 5.03. The quantitative estimate of drug-likeness (QED) is 0.305. The van der Waals surface area contributed by atoms with Crippen LogP contribution in [0.4, 0.5) is 5.69 Å². The molecule has 146 valence electrons. The molecule has 5 N–H and O–H groups in total. The molecule has 0 radical (unpaired) electrons. The molecule has 9 heteroatoms. The monoisotopic (exact) mass is 377 g/mol. The summed E-state index contributed by atoms with van der Waals surface area (Å²) in [6.07, 6.45) is 3.75. The molecule has 27 heavy (non-hydrogen) atoms. The average Bonchev–Trinajstić information content (AvgIpc) is 3.16. The van der Waals surface area contributed by atoms with E-state index in [9.17, 15) is 14.4 Å². The van der Waals surface area contributed by atoms with Crippen LogP contribution in [0.15, 0.2) is 36.7 Å². The van der Waals surface area contributed by atoms with Crippen LogP contribution >= 0.6 is 0 Å². The smallest absolute Gasteiger partial charge is 0.337 e. The number of hydrogen-bond donors (Lipinski definition) is 5. The minimum absolute atomic E-state index is 0.0288. The van der Waals surface area contributed by atoms with Gasteiger partial charge in [-0.25, -0.2) is 9.59 Å². The van der Waals surface area contributed by atoms with Crippen molar-refractivity contribution in [2.24, 2.45) is 0 Å². The van der Waals surface area contributed by atoms with Gasteiger partial charge in [-0.05, 0) is 50.6 Å². The second-order valence-electron chi connectivity index (χ2n) is 5.03. The van der Waals surface area contributed by atoms with Gasteiger partial charge in [0.25, 0.3) is 6.47 Å². The van der Waals surface area contributed by atoms with E-state index in [1.807, 2.05) is 24.5 Å². The number of rotatable bonds is 5. The predicted molar refractivity (Wildman–Crippen MR) is 101 cm³/mol. The molecule has 0 saturated carbocycles. The Morgan fingerprint density at radius 1 is 1.19 bits per heavy atom. The number of carbonyl (C=O) groups excluding carboxylic acids is 1. The lowest BCUT2D eigenvalue weighted by atomic mass is 10.0. The number of H-pyrrole nitrogens is 1. The normalized spacial score (nSPS) is 8.85. The van der Waals surface area contributed by atoms with Gasteiger partial charge < -0.3 is 25.3 Å². The van der Waals surface area contributed by atoms with Crippen LogP contribution in [0.25, 0.3) is 0 Å². The van der Waals surface area contributed by atoms with Gasteiger partial charge in [-0.15, -0.1) is 0 Å². The van der Waals surface area contributed by atoms with Crippen LogP contribution in [0.5, 0.6) is 0 Å². The van der Waals surface area contributed by atoms with Crippen LogP contribution in [-0.4, -0.2) is 46.1 Å². The summed E-state index contributed by atoms with van der Waals surface area (Å²) in [5.74, 6) is -2.50. The first-order chi connectivity index (χ1) is 12.7. The van der Waals surface area contributed by atoms with Crippen LogP contribution in [0.3, 0.4) is 0 Å². The molecule has 0 aliphatic heterocycles. The Morgan fingerprint density at radius 2 is 1.67 bits per heavy atom. The molecule has 9 nitrogen and oxygen atoms in total. The lowest BCUT2D eigenvalue weighted by Gasteiger charge is -2.12. The fraction of sp³-hybridized carbons (Fsp3) is 0.222. The molecule has 0 atom stereocenters. The number of aryl methyl sites for hydroxylation is 1. The number of aromatic nitrogens is 1. The maximum atomic E-state index is 11.0. The first kappa shape index (κ1) is 23.4. The fourth-order valence-corrected chi connectivity index (χ4v) is 1.79. The zero-order valence-corrected chi connectivity index (χ0v) is 15.3. The molecule has 0 aliphatic carbocycles. The minimum atomic E-state index is -1.24. The Balaban J connectivity index is 0.000000548. The molecule has 0 saturated heterocycles. The van der Waals surface area contributed by atoms with E-state index < -0.39 is 11.9 Å². The lowest BCUT2D eigenvalue weighted by Crippen LogP contribution is -2.15. The van der Waals surface area contributed by atoms with Crippen LogP contribution < -0.4 is 5.32 Å². The van der Waals surface area contributed by atoms with Crippen LogP contribution in [-0.2, 0) is 9.53 Å². The summed E-state index contributed by atoms with van der Waals surface area (Å²) >= 11 is 0. The Morgan fingerprint density at radius 3 is 1.89 bits per heavy atom. The van der Waals surface area contributed by atoms with E-state index in [4.69, 9.17) is 15.6 Å². The van der Waals surface area contributed by atoms with Crippen LogP contribution in [0, 0.1) is 12.3 Å². The SMILES string of the molecule is CC(=N)Nc1c(C(=O)O)cc(C)cc1C(=O)O.CCOC=O.c1cc[nH]c1. The van der Waals surface area contributed by atoms with E-state index in [0.717, 1.165) is 0 Å². The summed E-state index contributed by atoms with van der Waals surface area (Å²) in [5, 5.41) is 27.7. The highest BCUT2D eigenvalue weighted by Crippen LogP contribution is 2.23. The highest BCUT2D eigenvalue weighted by atomic mass is 16.5. The van der Waals surface area contributed by atoms with Crippen molar-refractivity contribution in [1.29, 1.82) is 5.41 Å². The zero-order valence-electron chi connectivity index (χ0n) is 15.3. The maximum Gasteiger partial charge on any atom is 0.337 e. The minimum Gasteiger partial charge on any atom is -0.478 e. The van der Waals surface area contributed by atoms with Crippen molar-refractivity contribution in [2.45, 2.75) is 20.8 Å². The average molecular weight is 377 g/mol. The van der Waals surface area contributed by atoms with E-state index in [-0.39, 0.29) is 22.6 Å². The summed E-state index contributed by atoms with van der Waals surface area (Å²) in [7, 11) is 0. The molecular weight excluding hydrogens is 354 g/mol. The number of carboxylic acid groups (broad SMARTS) is 2. The number of carbonyl (C=O) groups is 3. The van der Waals surface area contributed by atoms with E-state index in [1.165, 1.54) is 19.1 Å². The molecule has 0 bridgehead atoms. The Kier molecular flexibility index (Phi) is 11.0. The number of anilines is 1. The molecule has 1 aromatic heterocycles. The third kappa shape index (κ3) is 9.44. The number of amidine groups is 1. The van der Waals surface area contributed by atoms with Crippen molar-refractivity contribution in [3.8, 4) is 0 Å². The van der Waals surface area contributed by atoms with Gasteiger partial charge in [0.1, 0.15) is 0 Å². The Hall–Kier alpha value is -3.62. The molecule has 0 fully saturated rings. The molecule has 0 spiro atoms. The van der Waals surface area contributed by atoms with Crippen LogP contribution in [0.1, 0.15) is 40.1 Å². The molecule has 0 unspecified atom stereocenters. The highest BCUT2D eigenvalue weighted by Gasteiger charge is 2.19. The van der Waals surface area contributed by atoms with Gasteiger partial charge in [0.2, 0.25) is 0 Å². The number of aromatic carboxylic acids is 2. The predicted octanol–water partition coefficient (Wildman–Crippen LogP) is 2.99. The summed E-state index contributed by atoms with van der Waals surface area (Å²) in [6, 6.07) is 6.61. The molecule has 2 aromatic rings. The third-order valence-electron chi connectivity index (χ3n) is 2.79. The van der Waals surface area contributed by atoms with Crippen LogP contribution in [0.2, 0.25) is 0 Å². The van der Waals surface area contributed by atoms with E-state index in [2.05, 4.69) is 15.0 Å². The summed E-state index contributed by atoms with van der Waals surface area (Å²) < 4.78 is 4.15. The van der Waals surface area contributed by atoms with Crippen molar-refractivity contribution in [3.63, 3.8) is 0 Å². The number of ether oxygens (including phenoxy) is 1. The maximum absolute atomic E-state index is 11.0. The molecular formula is C18H23N3O6. The largest absolute Gasteiger partial charge is 0.478 e. The van der Waals surface area contributed by atoms with Crippen molar-refractivity contribution in [1.82, 2.24) is 4.98 Å². The van der Waals surface area contributed by atoms with Gasteiger partial charge in [0.05, 0.1) is 29.3 Å². The second kappa shape index (κ2) is 12.7. The number of carboxylic acids is 2. The van der Waals surface area contributed by atoms with Gasteiger partial charge in [-0.3, -0.25) is 10.2 Å². The van der Waals surface area contributed by atoms with Gasteiger partial charge in [-0.1, -0.05) is 0 Å². The van der Waals surface area contributed by atoms with Gasteiger partial charge in [0.15, 0.2) is 0 Å². The van der Waals surface area contributed by atoms with Crippen molar-refractivity contribution < 1.29 is 29.3 Å². The standard InChI is InChI=1S/C11H12N2O4.C4H5N.C3H6O2/c1-5-3-7(10(14)15)9(13-6(2)12)8(4-5)11(16)17;1-2-4-5-3-1;1-2-5-3-4/h3-4H,1-2H3,(H2,12,13)(H,14,15)(H,16,17);1-5H;3H,2H2,1H3. The number of benzene rings is 1. The van der Waals surface area contributed by atoms with Gasteiger partial charge in [-0.2, -0.15) is 0 Å². The van der Waals surface area contributed by atoms with E-state index >= 15 is 0 Å². The van der Waals surface area contributed by atoms with E-state index in [0.29, 0.717) is 18.6 Å². The third-order valence-corrected chi connectivity index (χ3v) is 2.79. The van der Waals surface area contributed by atoms with Crippen molar-refractivity contribution in [2.75, 3.05) is 11.9 Å². The molecule has 1 heterocycles. The lowest BCUT2D eigenvalue weighted by molar-refractivity contribution is -0.128. The molecule has 1 aromatic carbocycles. The summed E-state index contributed by atoms with van der Waals surface area (Å²) in [6.45, 7) is 5.68. The topological polar surface area (TPSA) is 153 Å². The zero-order chi connectivity index (χ0) is 20.8. The number of hydrogen-bond acceptors (Lipinski definition) is 5. The van der Waals surface area contributed by atoms with Crippen molar-refractivity contribution in [3.05, 3.63) is 53.3 Å². The van der Waals surface area contributed by atoms with Gasteiger partial charge >= 0.3 is 11.9 Å². The van der Waals surface area contributed by atoms with Gasteiger partial charge in [0, 0.05) is 12.4 Å².